The first-order valence-electron chi connectivity index (χ1n) is 7.97. The topological polar surface area (TPSA) is 111 Å². The highest BCUT2D eigenvalue weighted by molar-refractivity contribution is 7.99. The number of carbonyl (C=O) groups is 2. The van der Waals surface area contributed by atoms with Crippen molar-refractivity contribution in [3.05, 3.63) is 52.5 Å². The number of ketones is 1. The second-order valence-corrected chi connectivity index (χ2v) is 7.25. The Balaban J connectivity index is 1.45. The molecule has 136 valence electrons. The Hall–Kier alpha value is -2.84. The van der Waals surface area contributed by atoms with Gasteiger partial charge in [-0.05, 0) is 42.0 Å². The third kappa shape index (κ3) is 3.67. The average Bonchev–Trinajstić information content (AvgIpc) is 3.25. The van der Waals surface area contributed by atoms with E-state index < -0.39 is 0 Å². The molecule has 0 radical (unpaired) electrons. The predicted octanol–water partition coefficient (Wildman–Crippen LogP) is 3.44. The van der Waals surface area contributed by atoms with Crippen molar-refractivity contribution in [2.45, 2.75) is 11.6 Å². The van der Waals surface area contributed by atoms with Crippen LogP contribution < -0.4 is 11.1 Å². The molecular weight excluding hydrogens is 388 g/mol. The molecule has 3 N–H and O–H groups in total. The van der Waals surface area contributed by atoms with Gasteiger partial charge in [-0.25, -0.2) is 0 Å². The highest BCUT2D eigenvalue weighted by Gasteiger charge is 2.22. The van der Waals surface area contributed by atoms with Crippen LogP contribution in [0.5, 0.6) is 0 Å². The first-order valence-corrected chi connectivity index (χ1v) is 9.33. The number of anilines is 2. The van der Waals surface area contributed by atoms with Gasteiger partial charge in [0.2, 0.25) is 11.8 Å². The number of aromatic nitrogens is 2. The minimum Gasteiger partial charge on any atom is -0.411 e. The van der Waals surface area contributed by atoms with Crippen LogP contribution in [0.2, 0.25) is 5.02 Å². The molecule has 1 amide bonds. The highest BCUT2D eigenvalue weighted by Crippen LogP contribution is 2.31. The zero-order valence-electron chi connectivity index (χ0n) is 13.9. The lowest BCUT2D eigenvalue weighted by atomic mass is 10.1. The van der Waals surface area contributed by atoms with Crippen LogP contribution in [-0.2, 0) is 11.2 Å². The van der Waals surface area contributed by atoms with Crippen molar-refractivity contribution in [2.24, 2.45) is 0 Å². The van der Waals surface area contributed by atoms with Gasteiger partial charge in [-0.15, -0.1) is 10.2 Å². The normalized spacial score (nSPS) is 12.7. The number of benzene rings is 2. The van der Waals surface area contributed by atoms with Gasteiger partial charge in [0.05, 0.1) is 17.2 Å². The van der Waals surface area contributed by atoms with E-state index in [1.54, 1.807) is 36.4 Å². The van der Waals surface area contributed by atoms with Crippen molar-refractivity contribution >= 4 is 46.4 Å². The Morgan fingerprint density at radius 3 is 2.81 bits per heavy atom. The molecule has 0 spiro atoms. The average molecular weight is 401 g/mol. The molecule has 0 aliphatic carbocycles. The molecule has 0 saturated heterocycles. The molecule has 0 atom stereocenters. The molecule has 0 fully saturated rings. The molecule has 1 aromatic heterocycles. The van der Waals surface area contributed by atoms with Gasteiger partial charge in [-0.1, -0.05) is 23.4 Å². The molecule has 0 bridgehead atoms. The quantitative estimate of drug-likeness (QED) is 0.383. The molecular formula is C18H13ClN4O3S. The number of Topliss-reactive ketones (excluding diaryl/α,β-unsaturated/α-hetero) is 1. The summed E-state index contributed by atoms with van der Waals surface area (Å²) in [5.74, 6) is 0.147. The zero-order chi connectivity index (χ0) is 19.0. The zero-order valence-corrected chi connectivity index (χ0v) is 15.4. The van der Waals surface area contributed by atoms with Gasteiger partial charge in [-0.3, -0.25) is 9.59 Å². The van der Waals surface area contributed by atoms with Crippen LogP contribution in [0, 0.1) is 0 Å². The summed E-state index contributed by atoms with van der Waals surface area (Å²) in [5.41, 5.74) is 8.83. The summed E-state index contributed by atoms with van der Waals surface area (Å²) in [5, 5.41) is 11.2. The van der Waals surface area contributed by atoms with Gasteiger partial charge in [0.15, 0.2) is 5.78 Å². The molecule has 1 aliphatic rings. The monoisotopic (exact) mass is 400 g/mol. The minimum absolute atomic E-state index is 0.0866. The summed E-state index contributed by atoms with van der Waals surface area (Å²) in [6, 6.07) is 10.3. The number of nitrogen functional groups attached to an aromatic ring is 1. The number of hydrogen-bond acceptors (Lipinski definition) is 7. The Labute approximate surface area is 163 Å². The molecule has 7 nitrogen and oxygen atoms in total. The van der Waals surface area contributed by atoms with E-state index in [0.29, 0.717) is 27.9 Å². The van der Waals surface area contributed by atoms with Gasteiger partial charge in [-0.2, -0.15) is 0 Å². The lowest BCUT2D eigenvalue weighted by Gasteiger charge is -2.06. The van der Waals surface area contributed by atoms with Gasteiger partial charge >= 0.3 is 0 Å². The van der Waals surface area contributed by atoms with E-state index in [9.17, 15) is 9.59 Å². The SMILES string of the molecule is Nc1ccc(-c2nnc(SCC(=O)c3cc4c(cc3Cl)NC(=O)C4)o2)cc1. The fourth-order valence-electron chi connectivity index (χ4n) is 2.68. The second kappa shape index (κ2) is 7.05. The van der Waals surface area contributed by atoms with Crippen LogP contribution in [0.3, 0.4) is 0 Å². The first kappa shape index (κ1) is 17.6. The molecule has 0 unspecified atom stereocenters. The number of carbonyl (C=O) groups excluding carboxylic acids is 2. The van der Waals surface area contributed by atoms with Crippen molar-refractivity contribution < 1.29 is 14.0 Å². The Bertz CT molecular complexity index is 1050. The summed E-state index contributed by atoms with van der Waals surface area (Å²) in [4.78, 5) is 24.0. The Kier molecular flexibility index (Phi) is 4.59. The van der Waals surface area contributed by atoms with E-state index in [4.69, 9.17) is 21.8 Å². The van der Waals surface area contributed by atoms with Crippen LogP contribution >= 0.6 is 23.4 Å². The van der Waals surface area contributed by atoms with Crippen LogP contribution in [0.1, 0.15) is 15.9 Å². The molecule has 1 aliphatic heterocycles. The van der Waals surface area contributed by atoms with E-state index in [1.165, 1.54) is 0 Å². The van der Waals surface area contributed by atoms with E-state index in [2.05, 4.69) is 15.5 Å². The fourth-order valence-corrected chi connectivity index (χ4v) is 3.59. The maximum Gasteiger partial charge on any atom is 0.277 e. The molecule has 9 heteroatoms. The molecule has 3 aromatic rings. The van der Waals surface area contributed by atoms with Crippen LogP contribution in [0.25, 0.3) is 11.5 Å². The summed E-state index contributed by atoms with van der Waals surface area (Å²) in [7, 11) is 0. The van der Waals surface area contributed by atoms with Crippen LogP contribution in [-0.4, -0.2) is 27.6 Å². The summed E-state index contributed by atoms with van der Waals surface area (Å²) < 4.78 is 5.57. The minimum atomic E-state index is -0.181. The number of nitrogens with zero attached hydrogens (tertiary/aromatic N) is 2. The lowest BCUT2D eigenvalue weighted by molar-refractivity contribution is -0.115. The van der Waals surface area contributed by atoms with E-state index in [0.717, 1.165) is 22.9 Å². The van der Waals surface area contributed by atoms with Gasteiger partial charge in [0, 0.05) is 22.5 Å². The number of amides is 1. The smallest absolute Gasteiger partial charge is 0.277 e. The van der Waals surface area contributed by atoms with E-state index >= 15 is 0 Å². The third-order valence-corrected chi connectivity index (χ3v) is 5.14. The number of rotatable bonds is 5. The largest absolute Gasteiger partial charge is 0.411 e. The number of hydrogen-bond donors (Lipinski definition) is 2. The molecule has 4 rings (SSSR count). The van der Waals surface area contributed by atoms with Crippen molar-refractivity contribution in [2.75, 3.05) is 16.8 Å². The molecule has 0 saturated carbocycles. The lowest BCUT2D eigenvalue weighted by Crippen LogP contribution is -2.04. The molecule has 27 heavy (non-hydrogen) atoms. The van der Waals surface area contributed by atoms with E-state index in [-0.39, 0.29) is 29.1 Å². The Morgan fingerprint density at radius 1 is 1.26 bits per heavy atom. The van der Waals surface area contributed by atoms with Crippen molar-refractivity contribution in [1.82, 2.24) is 10.2 Å². The van der Waals surface area contributed by atoms with Gasteiger partial charge in [0.25, 0.3) is 5.22 Å². The number of fused-ring (bicyclic) bond motifs is 1. The third-order valence-electron chi connectivity index (χ3n) is 4.01. The maximum atomic E-state index is 12.5. The summed E-state index contributed by atoms with van der Waals surface area (Å²) in [6.45, 7) is 0. The van der Waals surface area contributed by atoms with Crippen molar-refractivity contribution in [3.8, 4) is 11.5 Å². The van der Waals surface area contributed by atoms with Gasteiger partial charge in [0.1, 0.15) is 0 Å². The highest BCUT2D eigenvalue weighted by atomic mass is 35.5. The number of thioether (sulfide) groups is 1. The van der Waals surface area contributed by atoms with Crippen LogP contribution in [0.15, 0.2) is 46.0 Å². The number of halogens is 1. The van der Waals surface area contributed by atoms with Crippen molar-refractivity contribution in [3.63, 3.8) is 0 Å². The number of nitrogens with one attached hydrogen (secondary N) is 1. The molecule has 2 heterocycles. The number of nitrogens with two attached hydrogens (primary N) is 1. The second-order valence-electron chi connectivity index (χ2n) is 5.92. The van der Waals surface area contributed by atoms with Crippen molar-refractivity contribution in [1.29, 1.82) is 0 Å². The summed E-state index contributed by atoms with van der Waals surface area (Å²) >= 11 is 7.31. The summed E-state index contributed by atoms with van der Waals surface area (Å²) in [6.07, 6.45) is 0.245. The predicted molar refractivity (Wildman–Crippen MR) is 103 cm³/mol. The van der Waals surface area contributed by atoms with Crippen LogP contribution in [0.4, 0.5) is 11.4 Å². The van der Waals surface area contributed by atoms with Gasteiger partial charge < -0.3 is 15.5 Å². The standard InChI is InChI=1S/C18H13ClN4O3S/c19-13-7-14-10(6-16(25)21-14)5-12(13)15(24)8-27-18-23-22-17(26-18)9-1-3-11(20)4-2-9/h1-5,7H,6,8,20H2,(H,21,25). The molecule has 2 aromatic carbocycles. The fraction of sp³-hybridized carbons (Fsp3) is 0.111. The van der Waals surface area contributed by atoms with E-state index in [1.807, 2.05) is 0 Å². The Morgan fingerprint density at radius 2 is 2.04 bits per heavy atom. The first-order chi connectivity index (χ1) is 13.0. The maximum absolute atomic E-state index is 12.5.